The van der Waals surface area contributed by atoms with E-state index in [1.165, 1.54) is 0 Å². The van der Waals surface area contributed by atoms with Crippen molar-refractivity contribution in [3.8, 4) is 0 Å². The van der Waals surface area contributed by atoms with Crippen LogP contribution >= 0.6 is 11.6 Å². The number of aromatic nitrogens is 2. The molecule has 0 saturated carbocycles. The normalized spacial score (nSPS) is 18.8. The highest BCUT2D eigenvalue weighted by Crippen LogP contribution is 2.26. The van der Waals surface area contributed by atoms with Gasteiger partial charge in [-0.2, -0.15) is 5.10 Å². The third-order valence-corrected chi connectivity index (χ3v) is 4.50. The lowest BCUT2D eigenvalue weighted by Crippen LogP contribution is -2.44. The van der Waals surface area contributed by atoms with Crippen LogP contribution in [0.4, 0.5) is 0 Å². The first-order valence-electron chi connectivity index (χ1n) is 7.13. The second-order valence-corrected chi connectivity index (χ2v) is 5.83. The van der Waals surface area contributed by atoms with E-state index in [0.717, 1.165) is 25.0 Å². The molecule has 1 aliphatic rings. The van der Waals surface area contributed by atoms with E-state index < -0.39 is 5.97 Å². The molecule has 0 spiro atoms. The number of piperidine rings is 1. The lowest BCUT2D eigenvalue weighted by atomic mass is 9.97. The van der Waals surface area contributed by atoms with Crippen LogP contribution in [-0.2, 0) is 11.8 Å². The number of hydrogen-bond donors (Lipinski definition) is 1. The van der Waals surface area contributed by atoms with Gasteiger partial charge in [-0.25, -0.2) is 0 Å². The minimum Gasteiger partial charge on any atom is -0.481 e. The van der Waals surface area contributed by atoms with Gasteiger partial charge in [-0.05, 0) is 32.6 Å². The van der Waals surface area contributed by atoms with Crippen LogP contribution in [0, 0.1) is 6.92 Å². The molecule has 0 bridgehead atoms. The summed E-state index contributed by atoms with van der Waals surface area (Å²) in [4.78, 5) is 25.1. The summed E-state index contributed by atoms with van der Waals surface area (Å²) in [5.41, 5.74) is 1.01. The highest BCUT2D eigenvalue weighted by Gasteiger charge is 2.31. The second kappa shape index (κ2) is 6.47. The van der Waals surface area contributed by atoms with Crippen molar-refractivity contribution in [3.05, 3.63) is 16.4 Å². The van der Waals surface area contributed by atoms with E-state index in [-0.39, 0.29) is 24.1 Å². The summed E-state index contributed by atoms with van der Waals surface area (Å²) in [6.45, 7) is 2.44. The van der Waals surface area contributed by atoms with Crippen LogP contribution in [0.3, 0.4) is 0 Å². The third kappa shape index (κ3) is 3.37. The maximum absolute atomic E-state index is 12.7. The Morgan fingerprint density at radius 1 is 1.43 bits per heavy atom. The Hall–Kier alpha value is -1.56. The zero-order valence-corrected chi connectivity index (χ0v) is 13.1. The molecule has 1 fully saturated rings. The summed E-state index contributed by atoms with van der Waals surface area (Å²) < 4.78 is 1.59. The monoisotopic (exact) mass is 313 g/mol. The number of rotatable bonds is 4. The minimum absolute atomic E-state index is 0.0410. The van der Waals surface area contributed by atoms with Gasteiger partial charge in [0.05, 0.1) is 10.7 Å². The number of halogens is 1. The van der Waals surface area contributed by atoms with Crippen molar-refractivity contribution in [2.24, 2.45) is 7.05 Å². The van der Waals surface area contributed by atoms with Crippen molar-refractivity contribution in [1.82, 2.24) is 14.7 Å². The Balaban J connectivity index is 2.18. The van der Waals surface area contributed by atoms with Crippen molar-refractivity contribution in [1.29, 1.82) is 0 Å². The molecule has 116 valence electrons. The van der Waals surface area contributed by atoms with Gasteiger partial charge in [0.15, 0.2) is 5.69 Å². The number of aliphatic carboxylic acids is 1. The molecule has 1 atom stereocenters. The molecule has 1 aromatic heterocycles. The largest absolute Gasteiger partial charge is 0.481 e. The Morgan fingerprint density at radius 3 is 2.71 bits per heavy atom. The topological polar surface area (TPSA) is 75.4 Å². The van der Waals surface area contributed by atoms with Crippen molar-refractivity contribution >= 4 is 23.5 Å². The number of amides is 1. The molecular weight excluding hydrogens is 294 g/mol. The van der Waals surface area contributed by atoms with Crippen LogP contribution in [-0.4, -0.2) is 44.3 Å². The number of aryl methyl sites for hydroxylation is 1. The van der Waals surface area contributed by atoms with Crippen molar-refractivity contribution < 1.29 is 14.7 Å². The maximum Gasteiger partial charge on any atom is 0.303 e. The first-order chi connectivity index (χ1) is 9.91. The van der Waals surface area contributed by atoms with Gasteiger partial charge in [0.1, 0.15) is 0 Å². The average molecular weight is 314 g/mol. The molecular formula is C14H20ClN3O3. The summed E-state index contributed by atoms with van der Waals surface area (Å²) in [6, 6.07) is -0.0410. The Bertz CT molecular complexity index is 556. The summed E-state index contributed by atoms with van der Waals surface area (Å²) in [5.74, 6) is -1.03. The van der Waals surface area contributed by atoms with Gasteiger partial charge in [0, 0.05) is 26.1 Å². The van der Waals surface area contributed by atoms with Gasteiger partial charge in [-0.1, -0.05) is 11.6 Å². The molecule has 1 aromatic rings. The fourth-order valence-electron chi connectivity index (χ4n) is 2.71. The highest BCUT2D eigenvalue weighted by molar-refractivity contribution is 6.34. The van der Waals surface area contributed by atoms with Crippen LogP contribution < -0.4 is 0 Å². The van der Waals surface area contributed by atoms with Gasteiger partial charge in [-0.15, -0.1) is 0 Å². The van der Waals surface area contributed by atoms with Crippen LogP contribution in [0.15, 0.2) is 0 Å². The van der Waals surface area contributed by atoms with Gasteiger partial charge >= 0.3 is 5.97 Å². The highest BCUT2D eigenvalue weighted by atomic mass is 35.5. The van der Waals surface area contributed by atoms with Crippen molar-refractivity contribution in [2.75, 3.05) is 6.54 Å². The van der Waals surface area contributed by atoms with Crippen LogP contribution in [0.5, 0.6) is 0 Å². The number of nitrogens with zero attached hydrogens (tertiary/aromatic N) is 3. The quantitative estimate of drug-likeness (QED) is 0.925. The minimum atomic E-state index is -0.834. The van der Waals surface area contributed by atoms with Crippen LogP contribution in [0.1, 0.15) is 48.3 Å². The standard InChI is InChI=1S/C14H20ClN3O3/c1-9-12(15)13(16-17(9)2)14(21)18-8-4-3-5-10(18)6-7-11(19)20/h10H,3-8H2,1-2H3,(H,19,20). The zero-order chi connectivity index (χ0) is 15.6. The average Bonchev–Trinajstić information content (AvgIpc) is 2.72. The van der Waals surface area contributed by atoms with E-state index in [9.17, 15) is 9.59 Å². The smallest absolute Gasteiger partial charge is 0.303 e. The number of carboxylic acids is 1. The molecule has 2 rings (SSSR count). The van der Waals surface area contributed by atoms with E-state index in [2.05, 4.69) is 5.10 Å². The number of likely N-dealkylation sites (tertiary alicyclic amines) is 1. The molecule has 1 unspecified atom stereocenters. The summed E-state index contributed by atoms with van der Waals surface area (Å²) in [6.07, 6.45) is 3.33. The molecule has 1 aliphatic heterocycles. The van der Waals surface area contributed by atoms with E-state index >= 15 is 0 Å². The first-order valence-corrected chi connectivity index (χ1v) is 7.51. The van der Waals surface area contributed by atoms with E-state index in [1.54, 1.807) is 16.6 Å². The van der Waals surface area contributed by atoms with Gasteiger partial charge in [-0.3, -0.25) is 14.3 Å². The maximum atomic E-state index is 12.7. The Morgan fingerprint density at radius 2 is 2.14 bits per heavy atom. The van der Waals surface area contributed by atoms with Crippen LogP contribution in [0.25, 0.3) is 0 Å². The number of carbonyl (C=O) groups excluding carboxylic acids is 1. The van der Waals surface area contributed by atoms with E-state index in [4.69, 9.17) is 16.7 Å². The molecule has 1 amide bonds. The lowest BCUT2D eigenvalue weighted by molar-refractivity contribution is -0.137. The molecule has 0 aromatic carbocycles. The fraction of sp³-hybridized carbons (Fsp3) is 0.643. The molecule has 1 N–H and O–H groups in total. The van der Waals surface area contributed by atoms with Gasteiger partial charge in [0.2, 0.25) is 0 Å². The zero-order valence-electron chi connectivity index (χ0n) is 12.3. The molecule has 21 heavy (non-hydrogen) atoms. The fourth-order valence-corrected chi connectivity index (χ4v) is 2.95. The van der Waals surface area contributed by atoms with E-state index in [0.29, 0.717) is 18.0 Å². The second-order valence-electron chi connectivity index (χ2n) is 5.45. The Kier molecular flexibility index (Phi) is 4.88. The SMILES string of the molecule is Cc1c(Cl)c(C(=O)N2CCCCC2CCC(=O)O)nn1C. The number of carboxylic acid groups (broad SMARTS) is 1. The third-order valence-electron chi connectivity index (χ3n) is 4.04. The summed E-state index contributed by atoms with van der Waals surface area (Å²) >= 11 is 6.18. The molecule has 0 aliphatic carbocycles. The molecule has 7 heteroatoms. The lowest BCUT2D eigenvalue weighted by Gasteiger charge is -2.35. The van der Waals surface area contributed by atoms with Gasteiger partial charge < -0.3 is 10.0 Å². The Labute approximate surface area is 128 Å². The molecule has 6 nitrogen and oxygen atoms in total. The van der Waals surface area contributed by atoms with Crippen LogP contribution in [0.2, 0.25) is 5.02 Å². The number of carbonyl (C=O) groups is 2. The van der Waals surface area contributed by atoms with E-state index in [1.807, 2.05) is 6.92 Å². The number of hydrogen-bond acceptors (Lipinski definition) is 3. The summed E-state index contributed by atoms with van der Waals surface area (Å²) in [5, 5.41) is 13.4. The van der Waals surface area contributed by atoms with Gasteiger partial charge in [0.25, 0.3) is 5.91 Å². The predicted octanol–water partition coefficient (Wildman–Crippen LogP) is 2.24. The van der Waals surface area contributed by atoms with Crippen molar-refractivity contribution in [3.63, 3.8) is 0 Å². The molecule has 2 heterocycles. The van der Waals surface area contributed by atoms with Crippen molar-refractivity contribution in [2.45, 2.75) is 45.1 Å². The predicted molar refractivity (Wildman–Crippen MR) is 78.5 cm³/mol. The first kappa shape index (κ1) is 15.8. The summed E-state index contributed by atoms with van der Waals surface area (Å²) in [7, 11) is 1.75. The molecule has 1 saturated heterocycles. The molecule has 0 radical (unpaired) electrons.